The summed E-state index contributed by atoms with van der Waals surface area (Å²) >= 11 is 3.07. The lowest BCUT2D eigenvalue weighted by Gasteiger charge is -2.18. The fourth-order valence-electron chi connectivity index (χ4n) is 2.81. The summed E-state index contributed by atoms with van der Waals surface area (Å²) in [5.74, 6) is 4.69. The average Bonchev–Trinajstić information content (AvgIpc) is 3.22. The van der Waals surface area contributed by atoms with Crippen LogP contribution in [0.25, 0.3) is 10.8 Å². The number of hydrogen-bond acceptors (Lipinski definition) is 6. The first-order chi connectivity index (χ1) is 14.4. The van der Waals surface area contributed by atoms with E-state index in [1.165, 1.54) is 18.2 Å². The van der Waals surface area contributed by atoms with Crippen molar-refractivity contribution in [2.24, 2.45) is 5.84 Å². The van der Waals surface area contributed by atoms with Gasteiger partial charge in [0.2, 0.25) is 5.82 Å². The van der Waals surface area contributed by atoms with E-state index in [4.69, 9.17) is 15.9 Å². The molecule has 0 saturated carbocycles. The highest BCUT2D eigenvalue weighted by Gasteiger charge is 2.22. The Morgan fingerprint density at radius 2 is 1.87 bits per heavy atom. The van der Waals surface area contributed by atoms with E-state index < -0.39 is 11.7 Å². The number of hydrazine groups is 1. The molecule has 4 rings (SSSR count). The minimum atomic E-state index is -0.467. The Bertz CT molecular complexity index is 1280. The highest BCUT2D eigenvalue weighted by molar-refractivity contribution is 9.10. The number of amides is 1. The van der Waals surface area contributed by atoms with Gasteiger partial charge < -0.3 is 5.32 Å². The second-order valence-electron chi connectivity index (χ2n) is 6.29. The molecule has 4 aromatic rings. The fourth-order valence-corrected chi connectivity index (χ4v) is 3.18. The van der Waals surface area contributed by atoms with Gasteiger partial charge in [-0.1, -0.05) is 30.3 Å². The van der Waals surface area contributed by atoms with E-state index in [-0.39, 0.29) is 21.8 Å². The highest BCUT2D eigenvalue weighted by Crippen LogP contribution is 2.24. The van der Waals surface area contributed by atoms with E-state index in [0.29, 0.717) is 11.3 Å². The van der Waals surface area contributed by atoms with Crippen LogP contribution in [0.3, 0.4) is 0 Å². The molecule has 8 nitrogen and oxygen atoms in total. The maximum Gasteiger partial charge on any atom is 0.256 e. The van der Waals surface area contributed by atoms with Gasteiger partial charge in [-0.15, -0.1) is 0 Å². The highest BCUT2D eigenvalue weighted by atomic mass is 79.9. The number of amidine groups is 1. The standard InChI is InChI=1S/C20H14BrFN6O2/c21-15-10-14(7-8-16(15)22)28(24)18(23)17-19(27-30-26-17)25-20(29)13-6-5-11-3-1-2-4-12(11)9-13/h1-10,23H,24H2,(H,25,27,29). The van der Waals surface area contributed by atoms with Crippen molar-refractivity contribution >= 4 is 50.0 Å². The average molecular weight is 469 g/mol. The predicted molar refractivity (Wildman–Crippen MR) is 114 cm³/mol. The normalized spacial score (nSPS) is 10.8. The molecule has 0 radical (unpaired) electrons. The zero-order valence-electron chi connectivity index (χ0n) is 15.3. The van der Waals surface area contributed by atoms with E-state index in [1.807, 2.05) is 30.3 Å². The molecule has 0 aliphatic carbocycles. The molecule has 0 aliphatic rings. The lowest BCUT2D eigenvalue weighted by Crippen LogP contribution is -2.38. The van der Waals surface area contributed by atoms with E-state index >= 15 is 0 Å². The van der Waals surface area contributed by atoms with Gasteiger partial charge in [-0.3, -0.25) is 15.2 Å². The molecule has 0 fully saturated rings. The molecule has 1 aromatic heterocycles. The number of carbonyl (C=O) groups is 1. The molecule has 0 saturated heterocycles. The van der Waals surface area contributed by atoms with Crippen molar-refractivity contribution < 1.29 is 13.8 Å². The largest absolute Gasteiger partial charge is 0.302 e. The van der Waals surface area contributed by atoms with Gasteiger partial charge >= 0.3 is 0 Å². The van der Waals surface area contributed by atoms with Crippen LogP contribution >= 0.6 is 15.9 Å². The fraction of sp³-hybridized carbons (Fsp3) is 0. The van der Waals surface area contributed by atoms with Gasteiger partial charge in [0.1, 0.15) is 5.82 Å². The smallest absolute Gasteiger partial charge is 0.256 e. The molecule has 0 aliphatic heterocycles. The van der Waals surface area contributed by atoms with Crippen molar-refractivity contribution in [1.29, 1.82) is 5.41 Å². The summed E-state index contributed by atoms with van der Waals surface area (Å²) in [4.78, 5) is 12.7. The van der Waals surface area contributed by atoms with Crippen molar-refractivity contribution in [3.8, 4) is 0 Å². The van der Waals surface area contributed by atoms with Crippen LogP contribution in [0.5, 0.6) is 0 Å². The van der Waals surface area contributed by atoms with Crippen molar-refractivity contribution in [2.45, 2.75) is 0 Å². The first kappa shape index (κ1) is 19.7. The summed E-state index contributed by atoms with van der Waals surface area (Å²) in [6.45, 7) is 0. The Balaban J connectivity index is 1.56. The monoisotopic (exact) mass is 468 g/mol. The van der Waals surface area contributed by atoms with Crippen LogP contribution in [0.1, 0.15) is 16.1 Å². The Hall–Kier alpha value is -3.63. The quantitative estimate of drug-likeness (QED) is 0.179. The molecular formula is C20H14BrFN6O2. The Labute approximate surface area is 178 Å². The molecule has 10 heteroatoms. The van der Waals surface area contributed by atoms with Crippen molar-refractivity contribution in [1.82, 2.24) is 10.3 Å². The third kappa shape index (κ3) is 3.78. The van der Waals surface area contributed by atoms with Crippen LogP contribution in [-0.2, 0) is 0 Å². The molecule has 3 aromatic carbocycles. The van der Waals surface area contributed by atoms with Gasteiger partial charge in [-0.25, -0.2) is 14.9 Å². The number of nitrogens with zero attached hydrogens (tertiary/aromatic N) is 3. The molecule has 150 valence electrons. The summed E-state index contributed by atoms with van der Waals surface area (Å²) in [5.41, 5.74) is 0.649. The number of aromatic nitrogens is 2. The Morgan fingerprint density at radius 1 is 1.10 bits per heavy atom. The minimum absolute atomic E-state index is 0.0604. The number of nitrogens with two attached hydrogens (primary N) is 1. The van der Waals surface area contributed by atoms with Crippen LogP contribution in [0.2, 0.25) is 0 Å². The number of fused-ring (bicyclic) bond motifs is 1. The summed E-state index contributed by atoms with van der Waals surface area (Å²) in [6, 6.07) is 16.9. The first-order valence-electron chi connectivity index (χ1n) is 8.65. The second-order valence-corrected chi connectivity index (χ2v) is 7.15. The number of benzene rings is 3. The number of halogens is 2. The van der Waals surface area contributed by atoms with E-state index in [0.717, 1.165) is 15.8 Å². The van der Waals surface area contributed by atoms with Crippen molar-refractivity contribution in [3.63, 3.8) is 0 Å². The zero-order valence-corrected chi connectivity index (χ0v) is 16.9. The lowest BCUT2D eigenvalue weighted by molar-refractivity contribution is 0.102. The number of nitrogens with one attached hydrogen (secondary N) is 2. The number of carbonyl (C=O) groups excluding carboxylic acids is 1. The number of rotatable bonds is 4. The molecule has 0 spiro atoms. The summed E-state index contributed by atoms with van der Waals surface area (Å²) in [5, 5.41) is 21.1. The van der Waals surface area contributed by atoms with Crippen LogP contribution in [0, 0.1) is 11.2 Å². The topological polar surface area (TPSA) is 121 Å². The molecule has 1 heterocycles. The van der Waals surface area contributed by atoms with E-state index in [9.17, 15) is 9.18 Å². The number of hydrogen-bond donors (Lipinski definition) is 3. The van der Waals surface area contributed by atoms with Gasteiger partial charge in [-0.05, 0) is 67.3 Å². The summed E-state index contributed by atoms with van der Waals surface area (Å²) < 4.78 is 18.3. The molecule has 1 amide bonds. The maximum atomic E-state index is 13.5. The molecule has 30 heavy (non-hydrogen) atoms. The Kier molecular flexibility index (Phi) is 5.25. The third-order valence-electron chi connectivity index (χ3n) is 4.38. The second kappa shape index (κ2) is 8.01. The van der Waals surface area contributed by atoms with Crippen molar-refractivity contribution in [2.75, 3.05) is 10.3 Å². The van der Waals surface area contributed by atoms with Crippen LogP contribution in [0.15, 0.2) is 69.8 Å². The molecule has 0 bridgehead atoms. The minimum Gasteiger partial charge on any atom is -0.302 e. The first-order valence-corrected chi connectivity index (χ1v) is 9.45. The zero-order chi connectivity index (χ0) is 21.3. The van der Waals surface area contributed by atoms with Gasteiger partial charge in [0.05, 0.1) is 10.2 Å². The number of anilines is 2. The third-order valence-corrected chi connectivity index (χ3v) is 4.99. The molecular weight excluding hydrogens is 455 g/mol. The van der Waals surface area contributed by atoms with E-state index in [1.54, 1.807) is 12.1 Å². The van der Waals surface area contributed by atoms with E-state index in [2.05, 4.69) is 31.6 Å². The van der Waals surface area contributed by atoms with Gasteiger partial charge in [0.15, 0.2) is 11.5 Å². The van der Waals surface area contributed by atoms with Gasteiger partial charge in [0.25, 0.3) is 5.91 Å². The van der Waals surface area contributed by atoms with Gasteiger partial charge in [0, 0.05) is 5.56 Å². The summed E-state index contributed by atoms with van der Waals surface area (Å²) in [7, 11) is 0. The summed E-state index contributed by atoms with van der Waals surface area (Å²) in [6.07, 6.45) is 0. The lowest BCUT2D eigenvalue weighted by atomic mass is 10.1. The SMILES string of the molecule is N=C(c1nonc1NC(=O)c1ccc2ccccc2c1)N(N)c1ccc(F)c(Br)c1. The Morgan fingerprint density at radius 3 is 2.63 bits per heavy atom. The van der Waals surface area contributed by atoms with Crippen molar-refractivity contribution in [3.05, 3.63) is 82.2 Å². The predicted octanol–water partition coefficient (Wildman–Crippen LogP) is 4.08. The van der Waals surface area contributed by atoms with Gasteiger partial charge in [-0.2, -0.15) is 0 Å². The molecule has 0 atom stereocenters. The molecule has 0 unspecified atom stereocenters. The molecule has 4 N–H and O–H groups in total. The maximum absolute atomic E-state index is 13.5. The van der Waals surface area contributed by atoms with Crippen LogP contribution in [-0.4, -0.2) is 22.1 Å². The van der Waals surface area contributed by atoms with Crippen LogP contribution < -0.4 is 16.2 Å². The van der Waals surface area contributed by atoms with Crippen LogP contribution in [0.4, 0.5) is 15.9 Å².